The second-order valence-corrected chi connectivity index (χ2v) is 5.00. The number of hydrogen-bond donors (Lipinski definition) is 0. The lowest BCUT2D eigenvalue weighted by Crippen LogP contribution is -1.88. The molecule has 0 aliphatic carbocycles. The molecule has 0 heterocycles. The maximum absolute atomic E-state index is 10.9. The standard InChI is InChI=1S/C14H23IO/c1-2-14(16)12-10-8-6-4-3-5-7-9-11-13-15/h2,6,8H,1,3-5,7,9-13H2. The first-order valence-corrected chi connectivity index (χ1v) is 7.70. The van der Waals surface area contributed by atoms with Gasteiger partial charge in [-0.1, -0.05) is 60.6 Å². The van der Waals surface area contributed by atoms with Crippen molar-refractivity contribution in [2.24, 2.45) is 0 Å². The van der Waals surface area contributed by atoms with Crippen molar-refractivity contribution in [2.45, 2.75) is 51.4 Å². The number of unbranched alkanes of at least 4 members (excludes halogenated alkanes) is 5. The summed E-state index contributed by atoms with van der Waals surface area (Å²) in [6.45, 7) is 3.45. The summed E-state index contributed by atoms with van der Waals surface area (Å²) >= 11 is 2.43. The van der Waals surface area contributed by atoms with Crippen molar-refractivity contribution in [3.8, 4) is 0 Å². The normalized spacial score (nSPS) is 10.8. The van der Waals surface area contributed by atoms with Crippen LogP contribution in [0.2, 0.25) is 0 Å². The molecular formula is C14H23IO. The van der Waals surface area contributed by atoms with Gasteiger partial charge < -0.3 is 0 Å². The van der Waals surface area contributed by atoms with E-state index >= 15 is 0 Å². The highest BCUT2D eigenvalue weighted by atomic mass is 127. The molecule has 0 aromatic carbocycles. The number of alkyl halides is 1. The van der Waals surface area contributed by atoms with Gasteiger partial charge in [-0.05, 0) is 36.2 Å². The molecule has 0 aromatic rings. The largest absolute Gasteiger partial charge is 0.295 e. The number of carbonyl (C=O) groups is 1. The fourth-order valence-corrected chi connectivity index (χ4v) is 1.99. The van der Waals surface area contributed by atoms with E-state index in [1.807, 2.05) is 0 Å². The maximum atomic E-state index is 10.9. The molecule has 0 fully saturated rings. The number of halogens is 1. The van der Waals surface area contributed by atoms with E-state index in [0.717, 1.165) is 12.8 Å². The van der Waals surface area contributed by atoms with Crippen LogP contribution < -0.4 is 0 Å². The molecule has 16 heavy (non-hydrogen) atoms. The fourth-order valence-electron chi connectivity index (χ4n) is 1.45. The van der Waals surface area contributed by atoms with Crippen molar-refractivity contribution in [3.63, 3.8) is 0 Å². The van der Waals surface area contributed by atoms with E-state index < -0.39 is 0 Å². The van der Waals surface area contributed by atoms with Gasteiger partial charge in [0.05, 0.1) is 0 Å². The number of carbonyl (C=O) groups excluding carboxylic acids is 1. The van der Waals surface area contributed by atoms with Crippen molar-refractivity contribution >= 4 is 28.4 Å². The van der Waals surface area contributed by atoms with Crippen LogP contribution in [0.3, 0.4) is 0 Å². The summed E-state index contributed by atoms with van der Waals surface area (Å²) in [5, 5.41) is 0. The van der Waals surface area contributed by atoms with Gasteiger partial charge >= 0.3 is 0 Å². The lowest BCUT2D eigenvalue weighted by Gasteiger charge is -1.97. The molecule has 2 heteroatoms. The van der Waals surface area contributed by atoms with Crippen LogP contribution in [-0.4, -0.2) is 10.2 Å². The first-order valence-electron chi connectivity index (χ1n) is 6.17. The average Bonchev–Trinajstić information content (AvgIpc) is 2.31. The van der Waals surface area contributed by atoms with Gasteiger partial charge in [0.25, 0.3) is 0 Å². The Balaban J connectivity index is 3.15. The number of allylic oxidation sites excluding steroid dienone is 3. The van der Waals surface area contributed by atoms with Gasteiger partial charge in [-0.15, -0.1) is 0 Å². The van der Waals surface area contributed by atoms with E-state index in [2.05, 4.69) is 41.3 Å². The smallest absolute Gasteiger partial charge is 0.155 e. The Morgan fingerprint density at radius 2 is 1.62 bits per heavy atom. The minimum atomic E-state index is 0.142. The van der Waals surface area contributed by atoms with Crippen LogP contribution in [0.1, 0.15) is 51.4 Å². The molecule has 0 aliphatic rings. The van der Waals surface area contributed by atoms with E-state index in [1.165, 1.54) is 42.6 Å². The predicted molar refractivity (Wildman–Crippen MR) is 80.2 cm³/mol. The summed E-state index contributed by atoms with van der Waals surface area (Å²) in [5.74, 6) is 0.142. The summed E-state index contributed by atoms with van der Waals surface area (Å²) in [6.07, 6.45) is 15.1. The van der Waals surface area contributed by atoms with Gasteiger partial charge in [-0.2, -0.15) is 0 Å². The minimum absolute atomic E-state index is 0.142. The zero-order valence-electron chi connectivity index (χ0n) is 10.1. The fraction of sp³-hybridized carbons (Fsp3) is 0.643. The van der Waals surface area contributed by atoms with Crippen LogP contribution in [0, 0.1) is 0 Å². The van der Waals surface area contributed by atoms with Crippen molar-refractivity contribution in [2.75, 3.05) is 4.43 Å². The number of ketones is 1. The van der Waals surface area contributed by atoms with Crippen molar-refractivity contribution in [1.82, 2.24) is 0 Å². The maximum Gasteiger partial charge on any atom is 0.155 e. The lowest BCUT2D eigenvalue weighted by molar-refractivity contribution is -0.114. The summed E-state index contributed by atoms with van der Waals surface area (Å²) in [4.78, 5) is 10.9. The minimum Gasteiger partial charge on any atom is -0.295 e. The Hall–Kier alpha value is -0.120. The molecule has 0 aliphatic heterocycles. The highest BCUT2D eigenvalue weighted by Gasteiger charge is 1.91. The molecule has 0 atom stereocenters. The number of rotatable bonds is 11. The van der Waals surface area contributed by atoms with Crippen molar-refractivity contribution in [1.29, 1.82) is 0 Å². The van der Waals surface area contributed by atoms with Crippen LogP contribution in [0.5, 0.6) is 0 Å². The summed E-state index contributed by atoms with van der Waals surface area (Å²) in [7, 11) is 0. The van der Waals surface area contributed by atoms with Gasteiger partial charge in [0.1, 0.15) is 0 Å². The predicted octanol–water partition coefficient (Wildman–Crippen LogP) is 4.85. The van der Waals surface area contributed by atoms with Gasteiger partial charge in [-0.3, -0.25) is 4.79 Å². The zero-order chi connectivity index (χ0) is 12.1. The van der Waals surface area contributed by atoms with Crippen molar-refractivity contribution < 1.29 is 4.79 Å². The molecule has 0 bridgehead atoms. The molecule has 0 aromatic heterocycles. The van der Waals surface area contributed by atoms with Crippen LogP contribution >= 0.6 is 22.6 Å². The molecule has 0 radical (unpaired) electrons. The highest BCUT2D eigenvalue weighted by molar-refractivity contribution is 14.1. The molecule has 1 nitrogen and oxygen atoms in total. The monoisotopic (exact) mass is 334 g/mol. The van der Waals surface area contributed by atoms with Gasteiger partial charge in [0.15, 0.2) is 5.78 Å². The Kier molecular flexibility index (Phi) is 12.9. The highest BCUT2D eigenvalue weighted by Crippen LogP contribution is 2.07. The third kappa shape index (κ3) is 12.0. The van der Waals surface area contributed by atoms with E-state index in [4.69, 9.17) is 0 Å². The lowest BCUT2D eigenvalue weighted by atomic mass is 10.1. The third-order valence-corrected chi connectivity index (χ3v) is 3.22. The molecule has 0 saturated heterocycles. The summed E-state index contributed by atoms with van der Waals surface area (Å²) in [6, 6.07) is 0. The van der Waals surface area contributed by atoms with Gasteiger partial charge in [-0.25, -0.2) is 0 Å². The quantitative estimate of drug-likeness (QED) is 0.173. The molecule has 92 valence electrons. The molecule has 0 rings (SSSR count). The third-order valence-electron chi connectivity index (χ3n) is 2.46. The Labute approximate surface area is 114 Å². The second kappa shape index (κ2) is 12.9. The van der Waals surface area contributed by atoms with Crippen LogP contribution in [0.4, 0.5) is 0 Å². The molecule has 0 unspecified atom stereocenters. The van der Waals surface area contributed by atoms with E-state index in [9.17, 15) is 4.79 Å². The van der Waals surface area contributed by atoms with Gasteiger partial charge in [0, 0.05) is 6.42 Å². The Morgan fingerprint density at radius 1 is 1.00 bits per heavy atom. The molecule has 0 N–H and O–H groups in total. The Morgan fingerprint density at radius 3 is 2.31 bits per heavy atom. The van der Waals surface area contributed by atoms with Gasteiger partial charge in [0.2, 0.25) is 0 Å². The van der Waals surface area contributed by atoms with E-state index in [-0.39, 0.29) is 5.78 Å². The first kappa shape index (κ1) is 15.9. The van der Waals surface area contributed by atoms with Crippen LogP contribution in [0.25, 0.3) is 0 Å². The van der Waals surface area contributed by atoms with Crippen LogP contribution in [-0.2, 0) is 4.79 Å². The molecule has 0 saturated carbocycles. The summed E-state index contributed by atoms with van der Waals surface area (Å²) < 4.78 is 1.29. The average molecular weight is 334 g/mol. The topological polar surface area (TPSA) is 17.1 Å². The van der Waals surface area contributed by atoms with E-state index in [1.54, 1.807) is 0 Å². The van der Waals surface area contributed by atoms with Crippen molar-refractivity contribution in [3.05, 3.63) is 24.8 Å². The first-order chi connectivity index (χ1) is 7.81. The summed E-state index contributed by atoms with van der Waals surface area (Å²) in [5.41, 5.74) is 0. The number of hydrogen-bond acceptors (Lipinski definition) is 1. The molecule has 0 amide bonds. The van der Waals surface area contributed by atoms with E-state index in [0.29, 0.717) is 6.42 Å². The Bertz CT molecular complexity index is 209. The molecule has 0 spiro atoms. The zero-order valence-corrected chi connectivity index (χ0v) is 12.2. The molecular weight excluding hydrogens is 311 g/mol. The SMILES string of the molecule is C=CC(=O)CCC=CCCCCCCCI. The second-order valence-electron chi connectivity index (χ2n) is 3.93. The van der Waals surface area contributed by atoms with Crippen LogP contribution in [0.15, 0.2) is 24.8 Å².